The molecule has 0 aliphatic heterocycles. The van der Waals surface area contributed by atoms with Crippen molar-refractivity contribution < 1.29 is 33.3 Å². The fourth-order valence-electron chi connectivity index (χ4n) is 5.42. The number of ether oxygens (including phenoxy) is 2. The van der Waals surface area contributed by atoms with Crippen molar-refractivity contribution in [2.75, 3.05) is 25.6 Å². The van der Waals surface area contributed by atoms with E-state index in [1.54, 1.807) is 43.7 Å². The van der Waals surface area contributed by atoms with Gasteiger partial charge in [0.1, 0.15) is 36.9 Å². The fourth-order valence-corrected chi connectivity index (χ4v) is 6.28. The van der Waals surface area contributed by atoms with Gasteiger partial charge < -0.3 is 26.0 Å². The van der Waals surface area contributed by atoms with Gasteiger partial charge in [0, 0.05) is 11.8 Å². The second-order valence-corrected chi connectivity index (χ2v) is 14.0. The molecule has 266 valence electrons. The number of nitrogens with zero attached hydrogens (tertiary/aromatic N) is 3. The van der Waals surface area contributed by atoms with Crippen molar-refractivity contribution >= 4 is 43.4 Å². The minimum Gasteiger partial charge on any atom is -0.508 e. The highest BCUT2D eigenvalue weighted by Crippen LogP contribution is 2.54. The van der Waals surface area contributed by atoms with Crippen LogP contribution in [0.2, 0.25) is 0 Å². The molecule has 15 nitrogen and oxygen atoms in total. The van der Waals surface area contributed by atoms with Gasteiger partial charge in [-0.1, -0.05) is 57.8 Å². The molecule has 0 spiro atoms. The van der Waals surface area contributed by atoms with E-state index in [2.05, 4.69) is 33.9 Å². The number of aromatic nitrogens is 4. The van der Waals surface area contributed by atoms with Crippen LogP contribution in [0.5, 0.6) is 5.75 Å². The van der Waals surface area contributed by atoms with Gasteiger partial charge in [-0.25, -0.2) is 4.98 Å². The third-order valence-corrected chi connectivity index (χ3v) is 9.45. The molecule has 1 aliphatic carbocycles. The van der Waals surface area contributed by atoms with Crippen LogP contribution in [-0.2, 0) is 28.2 Å². The Hall–Kier alpha value is -4.17. The number of benzene rings is 1. The van der Waals surface area contributed by atoms with Gasteiger partial charge in [0.2, 0.25) is 5.95 Å². The number of anilines is 1. The molecule has 16 heteroatoms. The topological polar surface area (TPSA) is 227 Å². The van der Waals surface area contributed by atoms with Gasteiger partial charge in [0.15, 0.2) is 11.2 Å². The van der Waals surface area contributed by atoms with Gasteiger partial charge in [-0.2, -0.15) is 4.98 Å². The zero-order valence-corrected chi connectivity index (χ0v) is 29.5. The summed E-state index contributed by atoms with van der Waals surface area (Å²) >= 11 is 0. The number of esters is 2. The van der Waals surface area contributed by atoms with E-state index in [1.807, 2.05) is 0 Å². The van der Waals surface area contributed by atoms with E-state index in [1.165, 1.54) is 12.1 Å². The number of nitrogen functional groups attached to an aromatic ring is 1. The molecule has 0 bridgehead atoms. The lowest BCUT2D eigenvalue weighted by Crippen LogP contribution is -2.38. The van der Waals surface area contributed by atoms with Crippen molar-refractivity contribution in [1.82, 2.24) is 24.6 Å². The lowest BCUT2D eigenvalue weighted by atomic mass is 9.99. The summed E-state index contributed by atoms with van der Waals surface area (Å²) in [5, 5.41) is 12.8. The van der Waals surface area contributed by atoms with Crippen LogP contribution in [0.15, 0.2) is 34.6 Å². The van der Waals surface area contributed by atoms with E-state index in [-0.39, 0.29) is 47.9 Å². The second kappa shape index (κ2) is 16.5. The van der Waals surface area contributed by atoms with Crippen LogP contribution in [0.25, 0.3) is 28.8 Å². The highest BCUT2D eigenvalue weighted by molar-refractivity contribution is 7.36. The Morgan fingerprint density at radius 1 is 1.14 bits per heavy atom. The number of nitrogens with one attached hydrogen (secondary N) is 2. The van der Waals surface area contributed by atoms with Crippen LogP contribution in [0, 0.1) is 17.3 Å². The van der Waals surface area contributed by atoms with E-state index in [4.69, 9.17) is 25.5 Å². The Kier molecular flexibility index (Phi) is 12.7. The number of aromatic hydroxyl groups is 1. The third-order valence-electron chi connectivity index (χ3n) is 8.49. The van der Waals surface area contributed by atoms with Crippen molar-refractivity contribution in [2.45, 2.75) is 78.8 Å². The van der Waals surface area contributed by atoms with E-state index in [0.29, 0.717) is 30.0 Å². The number of H-pyrrole nitrogens is 1. The molecule has 1 fully saturated rings. The van der Waals surface area contributed by atoms with Gasteiger partial charge >= 0.3 is 20.1 Å². The summed E-state index contributed by atoms with van der Waals surface area (Å²) in [4.78, 5) is 49.4. The second-order valence-electron chi connectivity index (χ2n) is 12.9. The van der Waals surface area contributed by atoms with Crippen molar-refractivity contribution in [1.29, 1.82) is 0 Å². The van der Waals surface area contributed by atoms with Crippen molar-refractivity contribution in [3.63, 3.8) is 0 Å². The maximum atomic E-state index is 13.0. The Bertz CT molecular complexity index is 1750. The predicted octanol–water partition coefficient (Wildman–Crippen LogP) is 4.24. The monoisotopic (exact) mass is 700 g/mol. The van der Waals surface area contributed by atoms with Crippen molar-refractivity contribution in [3.05, 3.63) is 40.2 Å². The molecular weight excluding hydrogens is 653 g/mol. The van der Waals surface area contributed by atoms with E-state index < -0.39 is 43.2 Å². The molecule has 2 aromatic heterocycles. The minimum atomic E-state index is -2.53. The summed E-state index contributed by atoms with van der Waals surface area (Å²) in [5.74, 6) is -0.859. The number of aromatic amines is 1. The number of hydrogen-bond acceptors (Lipinski definition) is 12. The van der Waals surface area contributed by atoms with Crippen molar-refractivity contribution in [2.24, 2.45) is 23.0 Å². The van der Waals surface area contributed by atoms with Crippen LogP contribution in [-0.4, -0.2) is 68.5 Å². The molecule has 49 heavy (non-hydrogen) atoms. The first-order chi connectivity index (χ1) is 23.3. The Morgan fingerprint density at radius 2 is 1.86 bits per heavy atom. The van der Waals surface area contributed by atoms with E-state index >= 15 is 0 Å². The van der Waals surface area contributed by atoms with Crippen LogP contribution >= 0.6 is 8.18 Å². The van der Waals surface area contributed by atoms with Crippen LogP contribution in [0.4, 0.5) is 5.95 Å². The molecule has 1 unspecified atom stereocenters. The molecule has 2 heterocycles. The molecule has 4 atom stereocenters. The SMILES string of the molecule is CCCC(CCC)COC(=O)[C@H](C)N[P+](=O)OC[C@@]1(COC(=O)[C@H](N)C(C)C)C/C1=C/n1c(-c2cccc(O)c2)nc2c(=O)[nH]c(N)nc21. The molecule has 4 rings (SSSR count). The van der Waals surface area contributed by atoms with Crippen molar-refractivity contribution in [3.8, 4) is 17.1 Å². The maximum Gasteiger partial charge on any atom is 0.613 e. The number of nitrogens with two attached hydrogens (primary N) is 2. The zero-order chi connectivity index (χ0) is 35.9. The minimum absolute atomic E-state index is 0.0103. The number of hydrogen-bond donors (Lipinski definition) is 5. The maximum absolute atomic E-state index is 13.0. The average molecular weight is 701 g/mol. The Morgan fingerprint density at radius 3 is 2.51 bits per heavy atom. The molecule has 1 aliphatic rings. The molecule has 0 radical (unpaired) electrons. The van der Waals surface area contributed by atoms with Crippen LogP contribution in [0.1, 0.15) is 66.7 Å². The number of rotatable bonds is 18. The summed E-state index contributed by atoms with van der Waals surface area (Å²) in [6.07, 6.45) is 5.92. The molecule has 0 saturated heterocycles. The highest BCUT2D eigenvalue weighted by atomic mass is 31.1. The quantitative estimate of drug-likeness (QED) is 0.0925. The van der Waals surface area contributed by atoms with E-state index in [9.17, 15) is 24.1 Å². The first-order valence-corrected chi connectivity index (χ1v) is 17.7. The summed E-state index contributed by atoms with van der Waals surface area (Å²) in [7, 11) is -2.53. The largest absolute Gasteiger partial charge is 0.613 e. The summed E-state index contributed by atoms with van der Waals surface area (Å²) < 4.78 is 31.4. The summed E-state index contributed by atoms with van der Waals surface area (Å²) in [6, 6.07) is 4.59. The van der Waals surface area contributed by atoms with Gasteiger partial charge in [-0.15, -0.1) is 4.52 Å². The smallest absolute Gasteiger partial charge is 0.508 e. The lowest BCUT2D eigenvalue weighted by Gasteiger charge is -2.18. The molecule has 7 N–H and O–H groups in total. The molecular formula is C33H47N7O8P+. The number of fused-ring (bicyclic) bond motifs is 1. The Balaban J connectivity index is 1.57. The molecule has 1 aromatic carbocycles. The fraction of sp³-hybridized carbons (Fsp3) is 0.545. The Labute approximate surface area is 285 Å². The average Bonchev–Trinajstić information content (AvgIpc) is 3.62. The third kappa shape index (κ3) is 9.50. The molecule has 0 amide bonds. The van der Waals surface area contributed by atoms with Gasteiger partial charge in [0.05, 0.1) is 12.0 Å². The van der Waals surface area contributed by atoms with Gasteiger partial charge in [0.25, 0.3) is 5.56 Å². The number of carbonyl (C=O) groups is 2. The summed E-state index contributed by atoms with van der Waals surface area (Å²) in [5.41, 5.74) is 11.8. The first-order valence-electron chi connectivity index (χ1n) is 16.5. The highest BCUT2D eigenvalue weighted by Gasteiger charge is 2.53. The molecule has 3 aromatic rings. The number of phenols is 1. The normalized spacial score (nSPS) is 18.2. The summed E-state index contributed by atoms with van der Waals surface area (Å²) in [6.45, 7) is 9.34. The standard InChI is InChI=1S/C33H46N7O8P/c1-6-9-21(10-7-2)16-46-30(43)20(5)39-49(45)48-18-33(17-47-31(44)25(34)19(3)4)14-23(33)15-40-27(22-11-8-12-24(41)13-22)36-26-28(40)37-32(35)38-29(26)42/h8,11-13,15,19-21,25H,6-7,9-10,14,16-18,34H2,1-5H3,(H4-,35,37,38,39,41,42,45)/p+1/b23-15-/t20-,25+,33-/m0/s1. The number of carbonyl (C=O) groups excluding carboxylic acids is 2. The molecule has 1 saturated carbocycles. The predicted molar refractivity (Wildman–Crippen MR) is 185 cm³/mol. The van der Waals surface area contributed by atoms with E-state index in [0.717, 1.165) is 25.7 Å². The number of imidazole rings is 1. The van der Waals surface area contributed by atoms with Crippen LogP contribution in [0.3, 0.4) is 0 Å². The lowest BCUT2D eigenvalue weighted by molar-refractivity contribution is -0.148. The van der Waals surface area contributed by atoms with Gasteiger partial charge in [-0.3, -0.25) is 23.9 Å². The number of phenolic OH excluding ortho intramolecular Hbond substituents is 1. The van der Waals surface area contributed by atoms with Gasteiger partial charge in [-0.05, 0) is 60.3 Å². The zero-order valence-electron chi connectivity index (χ0n) is 28.6. The van der Waals surface area contributed by atoms with Crippen LogP contribution < -0.4 is 22.1 Å². The first kappa shape index (κ1) is 37.6.